The maximum Gasteiger partial charge on any atom is 0.163 e. The third kappa shape index (κ3) is 5.92. The number of benzene rings is 1. The van der Waals surface area contributed by atoms with Gasteiger partial charge in [0.2, 0.25) is 0 Å². The maximum atomic E-state index is 13.2. The molecule has 0 radical (unpaired) electrons. The highest BCUT2D eigenvalue weighted by atomic mass is 16.1. The van der Waals surface area contributed by atoms with Crippen LogP contribution in [0.4, 0.5) is 5.69 Å². The Morgan fingerprint density at radius 2 is 1.85 bits per heavy atom. The Labute approximate surface area is 166 Å². The highest BCUT2D eigenvalue weighted by Crippen LogP contribution is 2.35. The molecule has 0 bridgehead atoms. The monoisotopic (exact) mass is 370 g/mol. The number of hydrogen-bond acceptors (Lipinski definition) is 2. The van der Waals surface area contributed by atoms with Crippen molar-refractivity contribution in [1.82, 2.24) is 4.90 Å². The smallest absolute Gasteiger partial charge is 0.163 e. The molecule has 1 aliphatic carbocycles. The summed E-state index contributed by atoms with van der Waals surface area (Å²) in [7, 11) is 2.03. The summed E-state index contributed by atoms with van der Waals surface area (Å²) >= 11 is 0. The van der Waals surface area contributed by atoms with Gasteiger partial charge < -0.3 is 4.90 Å². The SMILES string of the molecule is CCC(CC)c1cc(N=CN(C)CC)c(C)cc1C(=O)CC1CCCCC1. The van der Waals surface area contributed by atoms with E-state index in [1.54, 1.807) is 0 Å². The van der Waals surface area contributed by atoms with Crippen LogP contribution >= 0.6 is 0 Å². The van der Waals surface area contributed by atoms with Crippen LogP contribution < -0.4 is 0 Å². The molecule has 1 saturated carbocycles. The Bertz CT molecular complexity index is 640. The molecule has 0 heterocycles. The van der Waals surface area contributed by atoms with Crippen molar-refractivity contribution in [2.24, 2.45) is 10.9 Å². The zero-order chi connectivity index (χ0) is 19.8. The molecule has 3 heteroatoms. The third-order valence-electron chi connectivity index (χ3n) is 6.19. The summed E-state index contributed by atoms with van der Waals surface area (Å²) in [6.07, 6.45) is 11.1. The zero-order valence-electron chi connectivity index (χ0n) is 18.1. The topological polar surface area (TPSA) is 32.7 Å². The Kier molecular flexibility index (Phi) is 8.53. The molecule has 0 N–H and O–H groups in total. The molecular formula is C24H38N2O. The molecule has 27 heavy (non-hydrogen) atoms. The summed E-state index contributed by atoms with van der Waals surface area (Å²) in [4.78, 5) is 20.0. The predicted molar refractivity (Wildman–Crippen MR) is 116 cm³/mol. The number of nitrogens with zero attached hydrogens (tertiary/aromatic N) is 2. The van der Waals surface area contributed by atoms with Gasteiger partial charge in [0, 0.05) is 25.6 Å². The Morgan fingerprint density at radius 3 is 2.44 bits per heavy atom. The van der Waals surface area contributed by atoms with E-state index in [0.29, 0.717) is 24.0 Å². The lowest BCUT2D eigenvalue weighted by Crippen LogP contribution is -2.15. The summed E-state index contributed by atoms with van der Waals surface area (Å²) in [5.74, 6) is 1.35. The maximum absolute atomic E-state index is 13.2. The second-order valence-electron chi connectivity index (χ2n) is 8.19. The first-order valence-corrected chi connectivity index (χ1v) is 10.9. The summed E-state index contributed by atoms with van der Waals surface area (Å²) in [6, 6.07) is 4.29. The van der Waals surface area contributed by atoms with Gasteiger partial charge in [-0.2, -0.15) is 0 Å². The number of carbonyl (C=O) groups excluding carboxylic acids is 1. The van der Waals surface area contributed by atoms with E-state index in [2.05, 4.69) is 44.7 Å². The van der Waals surface area contributed by atoms with Gasteiger partial charge in [0.15, 0.2) is 5.78 Å². The van der Waals surface area contributed by atoms with Crippen LogP contribution in [0.15, 0.2) is 17.1 Å². The molecule has 0 atom stereocenters. The quantitative estimate of drug-likeness (QED) is 0.276. The van der Waals surface area contributed by atoms with Crippen LogP contribution in [0.2, 0.25) is 0 Å². The van der Waals surface area contributed by atoms with Crippen LogP contribution in [0.5, 0.6) is 0 Å². The van der Waals surface area contributed by atoms with Crippen molar-refractivity contribution >= 4 is 17.8 Å². The van der Waals surface area contributed by atoms with Gasteiger partial charge in [-0.1, -0.05) is 46.0 Å². The van der Waals surface area contributed by atoms with Crippen LogP contribution in [0, 0.1) is 12.8 Å². The molecule has 0 spiro atoms. The molecule has 0 aliphatic heterocycles. The summed E-state index contributed by atoms with van der Waals surface area (Å²) in [5.41, 5.74) is 4.25. The second kappa shape index (κ2) is 10.6. The van der Waals surface area contributed by atoms with E-state index in [0.717, 1.165) is 36.2 Å². The fourth-order valence-electron chi connectivity index (χ4n) is 4.17. The van der Waals surface area contributed by atoms with Crippen molar-refractivity contribution in [2.45, 2.75) is 85.0 Å². The number of aryl methyl sites for hydroxylation is 1. The van der Waals surface area contributed by atoms with E-state index in [1.165, 1.54) is 37.7 Å². The Balaban J connectivity index is 2.34. The van der Waals surface area contributed by atoms with E-state index in [-0.39, 0.29) is 0 Å². The van der Waals surface area contributed by atoms with Gasteiger partial charge in [0.1, 0.15) is 0 Å². The van der Waals surface area contributed by atoms with Crippen molar-refractivity contribution < 1.29 is 4.79 Å². The van der Waals surface area contributed by atoms with Crippen molar-refractivity contribution in [3.8, 4) is 0 Å². The molecule has 1 fully saturated rings. The molecule has 0 amide bonds. The van der Waals surface area contributed by atoms with Gasteiger partial charge in [0.05, 0.1) is 12.0 Å². The average Bonchev–Trinajstić information content (AvgIpc) is 2.69. The molecular weight excluding hydrogens is 332 g/mol. The van der Waals surface area contributed by atoms with Crippen molar-refractivity contribution in [1.29, 1.82) is 0 Å². The summed E-state index contributed by atoms with van der Waals surface area (Å²) in [6.45, 7) is 9.56. The van der Waals surface area contributed by atoms with Gasteiger partial charge in [-0.3, -0.25) is 4.79 Å². The highest BCUT2D eigenvalue weighted by Gasteiger charge is 2.23. The number of Topliss-reactive ketones (excluding diaryl/α,β-unsaturated/α-hetero) is 1. The number of carbonyl (C=O) groups is 1. The zero-order valence-corrected chi connectivity index (χ0v) is 18.1. The van der Waals surface area contributed by atoms with E-state index >= 15 is 0 Å². The van der Waals surface area contributed by atoms with Gasteiger partial charge >= 0.3 is 0 Å². The minimum Gasteiger partial charge on any atom is -0.366 e. The summed E-state index contributed by atoms with van der Waals surface area (Å²) < 4.78 is 0. The first kappa shape index (κ1) is 21.7. The van der Waals surface area contributed by atoms with Crippen LogP contribution in [0.25, 0.3) is 0 Å². The normalized spacial score (nSPS) is 15.6. The number of aliphatic imine (C=N–C) groups is 1. The predicted octanol–water partition coefficient (Wildman–Crippen LogP) is 6.66. The van der Waals surface area contributed by atoms with Crippen molar-refractivity contribution in [2.75, 3.05) is 13.6 Å². The van der Waals surface area contributed by atoms with E-state index in [4.69, 9.17) is 4.99 Å². The van der Waals surface area contributed by atoms with Crippen molar-refractivity contribution in [3.63, 3.8) is 0 Å². The molecule has 1 aromatic carbocycles. The Morgan fingerprint density at radius 1 is 1.19 bits per heavy atom. The molecule has 150 valence electrons. The second-order valence-corrected chi connectivity index (χ2v) is 8.19. The van der Waals surface area contributed by atoms with Crippen LogP contribution in [-0.4, -0.2) is 30.6 Å². The first-order valence-electron chi connectivity index (χ1n) is 10.9. The highest BCUT2D eigenvalue weighted by molar-refractivity contribution is 5.98. The average molecular weight is 371 g/mol. The van der Waals surface area contributed by atoms with Gasteiger partial charge in [-0.15, -0.1) is 0 Å². The summed E-state index contributed by atoms with van der Waals surface area (Å²) in [5, 5.41) is 0. The minimum absolute atomic E-state index is 0.341. The molecule has 0 saturated heterocycles. The molecule has 0 aromatic heterocycles. The molecule has 1 aliphatic rings. The van der Waals surface area contributed by atoms with Crippen LogP contribution in [0.1, 0.15) is 99.5 Å². The van der Waals surface area contributed by atoms with E-state index in [1.807, 2.05) is 13.4 Å². The first-order chi connectivity index (χ1) is 13.0. The van der Waals surface area contributed by atoms with Crippen molar-refractivity contribution in [3.05, 3.63) is 28.8 Å². The van der Waals surface area contributed by atoms with Gasteiger partial charge in [-0.25, -0.2) is 4.99 Å². The van der Waals surface area contributed by atoms with Gasteiger partial charge in [-0.05, 0) is 61.8 Å². The number of hydrogen-bond donors (Lipinski definition) is 0. The Hall–Kier alpha value is -1.64. The van der Waals surface area contributed by atoms with E-state index < -0.39 is 0 Å². The minimum atomic E-state index is 0.341. The molecule has 2 rings (SSSR count). The fourth-order valence-corrected chi connectivity index (χ4v) is 4.17. The molecule has 0 unspecified atom stereocenters. The number of rotatable bonds is 9. The molecule has 1 aromatic rings. The fraction of sp³-hybridized carbons (Fsp3) is 0.667. The van der Waals surface area contributed by atoms with E-state index in [9.17, 15) is 4.79 Å². The lowest BCUT2D eigenvalue weighted by Gasteiger charge is -2.23. The standard InChI is InChI=1S/C24H38N2O/c1-6-20(7-2)21-16-23(25-17-26(5)8-3)18(4)14-22(21)24(27)15-19-12-10-9-11-13-19/h14,16-17,19-20H,6-13,15H2,1-5H3. The van der Waals surface area contributed by atoms with Crippen LogP contribution in [0.3, 0.4) is 0 Å². The van der Waals surface area contributed by atoms with Crippen LogP contribution in [-0.2, 0) is 0 Å². The molecule has 3 nitrogen and oxygen atoms in total. The third-order valence-corrected chi connectivity index (χ3v) is 6.19. The largest absolute Gasteiger partial charge is 0.366 e. The number of ketones is 1. The lowest BCUT2D eigenvalue weighted by molar-refractivity contribution is 0.0948. The van der Waals surface area contributed by atoms with Gasteiger partial charge in [0.25, 0.3) is 0 Å². The lowest BCUT2D eigenvalue weighted by atomic mass is 9.81.